The van der Waals surface area contributed by atoms with Crippen molar-refractivity contribution >= 4 is 15.7 Å². The molecule has 1 aliphatic rings. The number of benzene rings is 1. The minimum atomic E-state index is -2.92. The maximum atomic E-state index is 12.2. The Bertz CT molecular complexity index is 656. The number of methoxy groups -OCH3 is 1. The molecule has 0 radical (unpaired) electrons. The number of hydrogen-bond donors (Lipinski definition) is 1. The lowest BCUT2D eigenvalue weighted by Gasteiger charge is -2.12. The molecule has 0 bridgehead atoms. The third-order valence-corrected chi connectivity index (χ3v) is 5.72. The molecule has 0 spiro atoms. The van der Waals surface area contributed by atoms with Crippen LogP contribution in [-0.4, -0.2) is 46.1 Å². The molecule has 1 heterocycles. The Morgan fingerprint density at radius 1 is 1.39 bits per heavy atom. The highest BCUT2D eigenvalue weighted by Gasteiger charge is 2.28. The number of hydrogen-bond acceptors (Lipinski definition) is 5. The molecular formula is C16H23NO5S. The highest BCUT2D eigenvalue weighted by Crippen LogP contribution is 2.21. The number of amides is 1. The number of sulfone groups is 1. The molecule has 0 aliphatic carbocycles. The van der Waals surface area contributed by atoms with Gasteiger partial charge in [0.25, 0.3) is 5.91 Å². The highest BCUT2D eigenvalue weighted by molar-refractivity contribution is 7.91. The first-order valence-electron chi connectivity index (χ1n) is 7.68. The zero-order valence-corrected chi connectivity index (χ0v) is 14.3. The summed E-state index contributed by atoms with van der Waals surface area (Å²) in [4.78, 5) is 12.2. The highest BCUT2D eigenvalue weighted by atomic mass is 32.2. The molecule has 1 aromatic carbocycles. The van der Waals surface area contributed by atoms with Crippen LogP contribution in [-0.2, 0) is 21.2 Å². The summed E-state index contributed by atoms with van der Waals surface area (Å²) in [6.07, 6.45) is 0.612. The van der Waals surface area contributed by atoms with E-state index in [1.807, 2.05) is 6.92 Å². The van der Waals surface area contributed by atoms with Crippen molar-refractivity contribution in [1.29, 1.82) is 0 Å². The molecule has 6 nitrogen and oxygen atoms in total. The van der Waals surface area contributed by atoms with Gasteiger partial charge in [-0.2, -0.15) is 0 Å². The summed E-state index contributed by atoms with van der Waals surface area (Å²) >= 11 is 0. The molecule has 1 atom stereocenters. The summed E-state index contributed by atoms with van der Waals surface area (Å²) in [6.45, 7) is 3.24. The Hall–Kier alpha value is -1.60. The molecule has 0 unspecified atom stereocenters. The molecule has 1 amide bonds. The lowest BCUT2D eigenvalue weighted by Crippen LogP contribution is -2.29. The van der Waals surface area contributed by atoms with E-state index in [0.29, 0.717) is 37.5 Å². The van der Waals surface area contributed by atoms with Crippen molar-refractivity contribution in [3.05, 3.63) is 29.3 Å². The predicted octanol–water partition coefficient (Wildman–Crippen LogP) is 1.40. The van der Waals surface area contributed by atoms with Crippen LogP contribution in [0.15, 0.2) is 18.2 Å². The molecule has 7 heteroatoms. The van der Waals surface area contributed by atoms with E-state index < -0.39 is 9.84 Å². The largest absolute Gasteiger partial charge is 0.496 e. The van der Waals surface area contributed by atoms with Crippen LogP contribution in [0.1, 0.15) is 29.3 Å². The fourth-order valence-corrected chi connectivity index (χ4v) is 4.48. The van der Waals surface area contributed by atoms with Crippen LogP contribution < -0.4 is 10.1 Å². The van der Waals surface area contributed by atoms with E-state index >= 15 is 0 Å². The van der Waals surface area contributed by atoms with Gasteiger partial charge in [0.1, 0.15) is 5.75 Å². The van der Waals surface area contributed by atoms with Gasteiger partial charge in [-0.25, -0.2) is 8.42 Å². The summed E-state index contributed by atoms with van der Waals surface area (Å²) in [5.74, 6) is 0.844. The maximum Gasteiger partial charge on any atom is 0.251 e. The molecule has 0 aromatic heterocycles. The molecule has 0 saturated carbocycles. The first-order chi connectivity index (χ1) is 10.9. The van der Waals surface area contributed by atoms with Crippen LogP contribution in [0.4, 0.5) is 0 Å². The van der Waals surface area contributed by atoms with Crippen molar-refractivity contribution in [1.82, 2.24) is 5.32 Å². The Morgan fingerprint density at radius 2 is 2.17 bits per heavy atom. The zero-order valence-electron chi connectivity index (χ0n) is 13.5. The Kier molecular flexibility index (Phi) is 6.01. The Balaban J connectivity index is 1.98. The summed E-state index contributed by atoms with van der Waals surface area (Å²) in [5.41, 5.74) is 1.33. The Morgan fingerprint density at radius 3 is 2.78 bits per heavy atom. The van der Waals surface area contributed by atoms with E-state index in [2.05, 4.69) is 5.32 Å². The monoisotopic (exact) mass is 341 g/mol. The summed E-state index contributed by atoms with van der Waals surface area (Å²) in [6, 6.07) is 5.17. The molecular weight excluding hydrogens is 318 g/mol. The van der Waals surface area contributed by atoms with Crippen molar-refractivity contribution in [2.45, 2.75) is 20.0 Å². The zero-order chi connectivity index (χ0) is 16.9. The smallest absolute Gasteiger partial charge is 0.251 e. The SMILES string of the molecule is CCOCc1cc(C(=O)NC[C@@H]2CCS(=O)(=O)C2)ccc1OC. The lowest BCUT2D eigenvalue weighted by atomic mass is 10.1. The summed E-state index contributed by atoms with van der Waals surface area (Å²) in [7, 11) is -1.34. The fraction of sp³-hybridized carbons (Fsp3) is 0.562. The van der Waals surface area contributed by atoms with Gasteiger partial charge in [0.15, 0.2) is 9.84 Å². The van der Waals surface area contributed by atoms with Crippen molar-refractivity contribution < 1.29 is 22.7 Å². The van der Waals surface area contributed by atoms with Gasteiger partial charge < -0.3 is 14.8 Å². The molecule has 1 aliphatic heterocycles. The van der Waals surface area contributed by atoms with E-state index in [1.165, 1.54) is 0 Å². The van der Waals surface area contributed by atoms with Crippen LogP contribution in [0.3, 0.4) is 0 Å². The van der Waals surface area contributed by atoms with E-state index in [4.69, 9.17) is 9.47 Å². The molecule has 1 saturated heterocycles. The molecule has 1 fully saturated rings. The van der Waals surface area contributed by atoms with Gasteiger partial charge in [-0.05, 0) is 37.5 Å². The van der Waals surface area contributed by atoms with Gasteiger partial charge in [0, 0.05) is 24.3 Å². The predicted molar refractivity (Wildman–Crippen MR) is 87.4 cm³/mol. The Labute approximate surface area is 137 Å². The molecule has 1 N–H and O–H groups in total. The number of ether oxygens (including phenoxy) is 2. The average Bonchev–Trinajstić information content (AvgIpc) is 2.89. The minimum absolute atomic E-state index is 0.00472. The second-order valence-electron chi connectivity index (χ2n) is 5.64. The van der Waals surface area contributed by atoms with Crippen LogP contribution in [0.25, 0.3) is 0 Å². The standard InChI is InChI=1S/C16H23NO5S/c1-3-22-10-14-8-13(4-5-15(14)21-2)16(18)17-9-12-6-7-23(19,20)11-12/h4-5,8,12H,3,6-7,9-11H2,1-2H3,(H,17,18)/t12-/m0/s1. The van der Waals surface area contributed by atoms with Crippen LogP contribution in [0.5, 0.6) is 5.75 Å². The topological polar surface area (TPSA) is 81.7 Å². The summed E-state index contributed by atoms with van der Waals surface area (Å²) in [5, 5.41) is 2.81. The van der Waals surface area contributed by atoms with Crippen molar-refractivity contribution in [3.63, 3.8) is 0 Å². The van der Waals surface area contributed by atoms with Crippen molar-refractivity contribution in [3.8, 4) is 5.75 Å². The van der Waals surface area contributed by atoms with E-state index in [9.17, 15) is 13.2 Å². The third kappa shape index (κ3) is 4.94. The van der Waals surface area contributed by atoms with Crippen LogP contribution in [0.2, 0.25) is 0 Å². The van der Waals surface area contributed by atoms with Crippen LogP contribution >= 0.6 is 0 Å². The van der Waals surface area contributed by atoms with Crippen molar-refractivity contribution in [2.75, 3.05) is 31.8 Å². The van der Waals surface area contributed by atoms with Crippen molar-refractivity contribution in [2.24, 2.45) is 5.92 Å². The normalized spacial score (nSPS) is 19.5. The van der Waals surface area contributed by atoms with Gasteiger partial charge in [-0.3, -0.25) is 4.79 Å². The number of carbonyl (C=O) groups is 1. The number of carbonyl (C=O) groups excluding carboxylic acids is 1. The van der Waals surface area contributed by atoms with Gasteiger partial charge >= 0.3 is 0 Å². The van der Waals surface area contributed by atoms with Gasteiger partial charge in [-0.1, -0.05) is 0 Å². The van der Waals surface area contributed by atoms with E-state index in [0.717, 1.165) is 5.56 Å². The van der Waals surface area contributed by atoms with Gasteiger partial charge in [0.2, 0.25) is 0 Å². The average molecular weight is 341 g/mol. The second kappa shape index (κ2) is 7.79. The number of nitrogens with one attached hydrogen (secondary N) is 1. The third-order valence-electron chi connectivity index (χ3n) is 3.88. The molecule has 128 valence electrons. The summed E-state index contributed by atoms with van der Waals surface area (Å²) < 4.78 is 33.5. The van der Waals surface area contributed by atoms with Gasteiger partial charge in [0.05, 0.1) is 25.2 Å². The lowest BCUT2D eigenvalue weighted by molar-refractivity contribution is 0.0947. The molecule has 23 heavy (non-hydrogen) atoms. The number of rotatable bonds is 7. The maximum absolute atomic E-state index is 12.2. The molecule has 1 aromatic rings. The fourth-order valence-electron chi connectivity index (χ4n) is 2.62. The van der Waals surface area contributed by atoms with Crippen LogP contribution in [0, 0.1) is 5.92 Å². The first kappa shape index (κ1) is 17.7. The first-order valence-corrected chi connectivity index (χ1v) is 9.50. The molecule has 2 rings (SSSR count). The van der Waals surface area contributed by atoms with Gasteiger partial charge in [-0.15, -0.1) is 0 Å². The van der Waals surface area contributed by atoms with E-state index in [1.54, 1.807) is 25.3 Å². The second-order valence-corrected chi connectivity index (χ2v) is 7.87. The quantitative estimate of drug-likeness (QED) is 0.811. The minimum Gasteiger partial charge on any atom is -0.496 e. The van der Waals surface area contributed by atoms with E-state index in [-0.39, 0.29) is 23.3 Å².